The highest BCUT2D eigenvalue weighted by atomic mass is 33.2. The summed E-state index contributed by atoms with van der Waals surface area (Å²) >= 11 is 0. The molecule has 0 heterocycles. The van der Waals surface area contributed by atoms with E-state index in [2.05, 4.69) is 3.63 Å². The second kappa shape index (κ2) is 2.94. The average Bonchev–Trinajstić information content (AvgIpc) is 1.52. The molecule has 0 aromatic heterocycles. The van der Waals surface area contributed by atoms with E-state index in [9.17, 15) is 25.3 Å². The maximum atomic E-state index is 10.5. The van der Waals surface area contributed by atoms with Gasteiger partial charge in [0.2, 0.25) is 0 Å². The molecule has 0 aliphatic carbocycles. The van der Waals surface area contributed by atoms with Crippen molar-refractivity contribution in [3.63, 3.8) is 0 Å². The van der Waals surface area contributed by atoms with Crippen LogP contribution < -0.4 is 0 Å². The van der Waals surface area contributed by atoms with Crippen LogP contribution in [-0.2, 0) is 31.8 Å². The van der Waals surface area contributed by atoms with E-state index in [1.165, 1.54) is 0 Å². The Hall–Kier alpha value is -0.190. The van der Waals surface area contributed by atoms with Crippen LogP contribution in [0.3, 0.4) is 0 Å². The summed E-state index contributed by atoms with van der Waals surface area (Å²) in [4.78, 5) is 0. The summed E-state index contributed by atoms with van der Waals surface area (Å²) in [6, 6.07) is 0. The monoisotopic (exact) mass is 238 g/mol. The zero-order valence-electron chi connectivity index (χ0n) is 6.08. The van der Waals surface area contributed by atoms with E-state index < -0.39 is 28.1 Å². The normalized spacial score (nSPS) is 14.5. The summed E-state index contributed by atoms with van der Waals surface area (Å²) in [6.07, 6.45) is 0.753. The van der Waals surface area contributed by atoms with E-state index in [1.54, 1.807) is 0 Å². The van der Waals surface area contributed by atoms with Gasteiger partial charge in [0.15, 0.2) is 0 Å². The van der Waals surface area contributed by atoms with Gasteiger partial charge in [-0.3, -0.25) is 0 Å². The SMILES string of the molecule is CS(=O)(=O)OS(=O)(=O)S(C)(=O)=O. The molecule has 0 fully saturated rings. The fourth-order valence-corrected chi connectivity index (χ4v) is 3.63. The molecule has 0 atom stereocenters. The second-order valence-electron chi connectivity index (χ2n) is 1.88. The van der Waals surface area contributed by atoms with Crippen molar-refractivity contribution < 1.29 is 28.9 Å². The summed E-state index contributed by atoms with van der Waals surface area (Å²) < 4.78 is 65.5. The van der Waals surface area contributed by atoms with Crippen molar-refractivity contribution >= 4 is 28.1 Å². The lowest BCUT2D eigenvalue weighted by molar-refractivity contribution is 0.473. The van der Waals surface area contributed by atoms with Crippen LogP contribution in [-0.4, -0.2) is 37.8 Å². The molecule has 74 valence electrons. The Morgan fingerprint density at radius 2 is 1.17 bits per heavy atom. The molecular formula is C2H6O7S3. The number of hydrogen-bond acceptors (Lipinski definition) is 7. The van der Waals surface area contributed by atoms with Gasteiger partial charge in [0.05, 0.1) is 12.5 Å². The van der Waals surface area contributed by atoms with Crippen LogP contribution in [0.1, 0.15) is 0 Å². The zero-order valence-corrected chi connectivity index (χ0v) is 8.53. The molecule has 0 unspecified atom stereocenters. The van der Waals surface area contributed by atoms with E-state index in [-0.39, 0.29) is 0 Å². The van der Waals surface area contributed by atoms with E-state index in [0.717, 1.165) is 0 Å². The third-order valence-corrected chi connectivity index (χ3v) is 5.70. The van der Waals surface area contributed by atoms with Gasteiger partial charge in [0, 0.05) is 0 Å². The van der Waals surface area contributed by atoms with Crippen LogP contribution in [0.4, 0.5) is 0 Å². The molecule has 7 nitrogen and oxygen atoms in total. The Balaban J connectivity index is 5.25. The van der Waals surface area contributed by atoms with Crippen LogP contribution >= 0.6 is 0 Å². The number of rotatable bonds is 3. The lowest BCUT2D eigenvalue weighted by Crippen LogP contribution is -2.20. The minimum atomic E-state index is -5.07. The van der Waals surface area contributed by atoms with Gasteiger partial charge in [-0.2, -0.15) is 16.8 Å². The Morgan fingerprint density at radius 3 is 1.25 bits per heavy atom. The molecule has 0 aliphatic rings. The third kappa shape index (κ3) is 3.47. The Bertz CT molecular complexity index is 447. The highest BCUT2D eigenvalue weighted by Gasteiger charge is 2.30. The molecule has 0 aromatic rings. The quantitative estimate of drug-likeness (QED) is 0.536. The lowest BCUT2D eigenvalue weighted by atomic mass is 12.0. The van der Waals surface area contributed by atoms with Gasteiger partial charge in [-0.1, -0.05) is 0 Å². The van der Waals surface area contributed by atoms with Crippen molar-refractivity contribution in [3.8, 4) is 0 Å². The molecule has 0 radical (unpaired) electrons. The average molecular weight is 238 g/mol. The molecule has 10 heteroatoms. The summed E-state index contributed by atoms with van der Waals surface area (Å²) in [7, 11) is -14.0. The van der Waals surface area contributed by atoms with Gasteiger partial charge in [-0.05, 0) is 0 Å². The van der Waals surface area contributed by atoms with E-state index in [1.807, 2.05) is 0 Å². The molecule has 12 heavy (non-hydrogen) atoms. The van der Waals surface area contributed by atoms with Crippen molar-refractivity contribution in [1.82, 2.24) is 0 Å². The van der Waals surface area contributed by atoms with Gasteiger partial charge >= 0.3 is 9.15 Å². The van der Waals surface area contributed by atoms with Crippen LogP contribution in [0.25, 0.3) is 0 Å². The van der Waals surface area contributed by atoms with Crippen molar-refractivity contribution in [2.75, 3.05) is 12.5 Å². The van der Waals surface area contributed by atoms with Crippen molar-refractivity contribution in [2.24, 2.45) is 0 Å². The largest absolute Gasteiger partial charge is 0.389 e. The predicted molar refractivity (Wildman–Crippen MR) is 39.7 cm³/mol. The van der Waals surface area contributed by atoms with Crippen LogP contribution in [0.2, 0.25) is 0 Å². The molecule has 0 amide bonds. The maximum absolute atomic E-state index is 10.5. The van der Waals surface area contributed by atoms with Crippen LogP contribution in [0.15, 0.2) is 0 Å². The van der Waals surface area contributed by atoms with Gasteiger partial charge < -0.3 is 0 Å². The third-order valence-electron chi connectivity index (χ3n) is 0.578. The van der Waals surface area contributed by atoms with E-state index >= 15 is 0 Å². The van der Waals surface area contributed by atoms with Crippen LogP contribution in [0, 0.1) is 0 Å². The second-order valence-corrected chi connectivity index (χ2v) is 9.10. The van der Waals surface area contributed by atoms with Gasteiger partial charge in [-0.25, -0.2) is 8.42 Å². The fraction of sp³-hybridized carbons (Fsp3) is 1.00. The molecule has 0 saturated heterocycles. The Morgan fingerprint density at radius 1 is 0.833 bits per heavy atom. The summed E-state index contributed by atoms with van der Waals surface area (Å²) in [6.45, 7) is 0. The van der Waals surface area contributed by atoms with Gasteiger partial charge in [0.1, 0.15) is 0 Å². The molecule has 0 aliphatic heterocycles. The number of hydrogen-bond donors (Lipinski definition) is 0. The first-order chi connectivity index (χ1) is 4.96. The first-order valence-electron chi connectivity index (χ1n) is 2.32. The van der Waals surface area contributed by atoms with Gasteiger partial charge in [0.25, 0.3) is 19.0 Å². The van der Waals surface area contributed by atoms with Crippen molar-refractivity contribution in [3.05, 3.63) is 0 Å². The van der Waals surface area contributed by atoms with E-state index in [0.29, 0.717) is 12.5 Å². The molecule has 0 N–H and O–H groups in total. The highest BCUT2D eigenvalue weighted by molar-refractivity contribution is 8.65. The van der Waals surface area contributed by atoms with E-state index in [4.69, 9.17) is 0 Å². The molecule has 0 spiro atoms. The highest BCUT2D eigenvalue weighted by Crippen LogP contribution is 2.05. The Labute approximate surface area is 69.9 Å². The standard InChI is InChI=1S/C2H6O7S3/c1-10(3,4)9-12(7,8)11(2,5)6/h1-2H3. The first-order valence-corrected chi connectivity index (χ1v) is 7.95. The summed E-state index contributed by atoms with van der Waals surface area (Å²) in [5, 5.41) is 0. The molecule has 0 saturated carbocycles. The summed E-state index contributed by atoms with van der Waals surface area (Å²) in [5.74, 6) is 0. The van der Waals surface area contributed by atoms with Crippen LogP contribution in [0.5, 0.6) is 0 Å². The molecule has 0 rings (SSSR count). The van der Waals surface area contributed by atoms with Crippen molar-refractivity contribution in [1.29, 1.82) is 0 Å². The fourth-order valence-electron chi connectivity index (χ4n) is 0.202. The topological polar surface area (TPSA) is 112 Å². The lowest BCUT2D eigenvalue weighted by Gasteiger charge is -1.98. The molecule has 0 bridgehead atoms. The summed E-state index contributed by atoms with van der Waals surface area (Å²) in [5.41, 5.74) is 0. The van der Waals surface area contributed by atoms with Gasteiger partial charge in [-0.15, -0.1) is 3.63 Å². The first kappa shape index (κ1) is 11.8. The molecular weight excluding hydrogens is 232 g/mol. The minimum absolute atomic E-state index is 0.327. The predicted octanol–water partition coefficient (Wildman–Crippen LogP) is -1.75. The minimum Gasteiger partial charge on any atom is -0.210 e. The van der Waals surface area contributed by atoms with Crippen molar-refractivity contribution in [2.45, 2.75) is 0 Å². The smallest absolute Gasteiger partial charge is 0.210 e. The maximum Gasteiger partial charge on any atom is 0.389 e. The molecule has 0 aromatic carbocycles. The Kier molecular flexibility index (Phi) is 2.89. The zero-order chi connectivity index (χ0) is 10.2.